The highest BCUT2D eigenvalue weighted by Gasteiger charge is 2.39. The molecule has 0 aromatic heterocycles. The number of ether oxygens (including phenoxy) is 1. The molecule has 0 radical (unpaired) electrons. The van der Waals surface area contributed by atoms with E-state index in [1.54, 1.807) is 67.6 Å². The maximum atomic E-state index is 13.0. The van der Waals surface area contributed by atoms with E-state index >= 15 is 0 Å². The lowest BCUT2D eigenvalue weighted by Crippen LogP contribution is -2.32. The summed E-state index contributed by atoms with van der Waals surface area (Å²) in [7, 11) is 1.49. The molecule has 1 aliphatic rings. The van der Waals surface area contributed by atoms with Gasteiger partial charge in [0.05, 0.1) is 18.5 Å². The second-order valence-corrected chi connectivity index (χ2v) is 8.24. The number of para-hydroxylation sites is 1. The number of methoxy groups -OCH3 is 1. The van der Waals surface area contributed by atoms with Crippen LogP contribution in [-0.4, -0.2) is 24.8 Å². The Morgan fingerprint density at radius 3 is 2.32 bits per heavy atom. The summed E-state index contributed by atoms with van der Waals surface area (Å²) in [4.78, 5) is 39.3. The molecular weight excluding hydrogens is 477 g/mol. The van der Waals surface area contributed by atoms with Gasteiger partial charge in [0, 0.05) is 16.3 Å². The minimum absolute atomic E-state index is 0.0317. The highest BCUT2D eigenvalue weighted by molar-refractivity contribution is 6.53. The van der Waals surface area contributed by atoms with E-state index in [9.17, 15) is 14.4 Å². The molecule has 3 aromatic rings. The zero-order chi connectivity index (χ0) is 24.4. The third-order valence-electron chi connectivity index (χ3n) is 5.21. The molecule has 1 heterocycles. The number of nitrogens with one attached hydrogen (secondary N) is 2. The van der Waals surface area contributed by atoms with Crippen LogP contribution in [0.1, 0.15) is 15.9 Å². The number of imide groups is 1. The number of rotatable bonds is 6. The van der Waals surface area contributed by atoms with E-state index in [-0.39, 0.29) is 16.6 Å². The summed E-state index contributed by atoms with van der Waals surface area (Å²) >= 11 is 12.2. The Morgan fingerprint density at radius 2 is 1.65 bits per heavy atom. The van der Waals surface area contributed by atoms with Crippen molar-refractivity contribution in [3.8, 4) is 5.75 Å². The van der Waals surface area contributed by atoms with E-state index < -0.39 is 11.8 Å². The Labute approximate surface area is 205 Å². The monoisotopic (exact) mass is 495 g/mol. The van der Waals surface area contributed by atoms with E-state index in [1.165, 1.54) is 7.11 Å². The Balaban J connectivity index is 1.50. The van der Waals surface area contributed by atoms with E-state index in [2.05, 4.69) is 10.6 Å². The molecule has 0 aliphatic carbocycles. The van der Waals surface area contributed by atoms with Crippen LogP contribution in [0.2, 0.25) is 5.02 Å². The van der Waals surface area contributed by atoms with Gasteiger partial charge in [0.2, 0.25) is 0 Å². The largest absolute Gasteiger partial charge is 0.495 e. The summed E-state index contributed by atoms with van der Waals surface area (Å²) in [6, 6.07) is 18.3. The number of nitrogens with zero attached hydrogens (tertiary/aromatic N) is 1. The highest BCUT2D eigenvalue weighted by atomic mass is 35.5. The van der Waals surface area contributed by atoms with E-state index in [4.69, 9.17) is 27.9 Å². The lowest BCUT2D eigenvalue weighted by Gasteiger charge is -2.17. The van der Waals surface area contributed by atoms with E-state index in [1.807, 2.05) is 6.07 Å². The fraction of sp³-hybridized carbons (Fsp3) is 0.0800. The Hall–Kier alpha value is -3.81. The highest BCUT2D eigenvalue weighted by Crippen LogP contribution is 2.32. The fourth-order valence-corrected chi connectivity index (χ4v) is 3.85. The van der Waals surface area contributed by atoms with Crippen molar-refractivity contribution in [3.05, 3.63) is 93.6 Å². The van der Waals surface area contributed by atoms with Gasteiger partial charge in [-0.1, -0.05) is 41.4 Å². The van der Waals surface area contributed by atoms with Crippen LogP contribution in [0, 0.1) is 6.92 Å². The van der Waals surface area contributed by atoms with Crippen LogP contribution in [0.15, 0.2) is 77.5 Å². The molecular formula is C25H19Cl2N3O4. The van der Waals surface area contributed by atoms with Gasteiger partial charge in [-0.3, -0.25) is 14.4 Å². The molecule has 3 amide bonds. The van der Waals surface area contributed by atoms with E-state index in [0.29, 0.717) is 33.4 Å². The summed E-state index contributed by atoms with van der Waals surface area (Å²) in [6.07, 6.45) is 0. The number of aryl methyl sites for hydroxylation is 1. The second kappa shape index (κ2) is 9.59. The molecule has 172 valence electrons. The number of benzene rings is 3. The molecule has 9 heteroatoms. The number of carbonyl (C=O) groups is 3. The SMILES string of the molecule is COc1ccc(Cl)cc1NC(=O)c1ccc(NC2=C(Cl)C(=O)N(c3ccccc3C)C2=O)cc1. The van der Waals surface area contributed by atoms with Gasteiger partial charge in [-0.2, -0.15) is 0 Å². The predicted octanol–water partition coefficient (Wildman–Crippen LogP) is 5.35. The van der Waals surface area contributed by atoms with Crippen molar-refractivity contribution < 1.29 is 19.1 Å². The average molecular weight is 496 g/mol. The standard InChI is InChI=1S/C25H19Cl2N3O4/c1-14-5-3-4-6-19(14)30-24(32)21(27)22(25(30)33)28-17-10-7-15(8-11-17)23(31)29-18-13-16(26)9-12-20(18)34-2/h3-13,28H,1-2H3,(H,29,31). The van der Waals surface area contributed by atoms with Crippen LogP contribution in [0.3, 0.4) is 0 Å². The van der Waals surface area contributed by atoms with Crippen molar-refractivity contribution in [1.82, 2.24) is 0 Å². The number of carbonyl (C=O) groups excluding carboxylic acids is 3. The quantitative estimate of drug-likeness (QED) is 0.450. The summed E-state index contributed by atoms with van der Waals surface area (Å²) < 4.78 is 5.24. The fourth-order valence-electron chi connectivity index (χ4n) is 3.47. The van der Waals surface area contributed by atoms with Crippen LogP contribution in [0.5, 0.6) is 5.75 Å². The molecule has 0 spiro atoms. The molecule has 0 atom stereocenters. The zero-order valence-electron chi connectivity index (χ0n) is 18.2. The summed E-state index contributed by atoms with van der Waals surface area (Å²) in [5.74, 6) is -1.06. The van der Waals surface area contributed by atoms with Gasteiger partial charge >= 0.3 is 0 Å². The van der Waals surface area contributed by atoms with Gasteiger partial charge < -0.3 is 15.4 Å². The first-order valence-electron chi connectivity index (χ1n) is 10.2. The van der Waals surface area contributed by atoms with Gasteiger partial charge in [-0.05, 0) is 61.0 Å². The molecule has 0 saturated carbocycles. The van der Waals surface area contributed by atoms with Crippen molar-refractivity contribution in [1.29, 1.82) is 0 Å². The first-order chi connectivity index (χ1) is 16.3. The van der Waals surface area contributed by atoms with Gasteiger partial charge in [-0.15, -0.1) is 0 Å². The number of hydrogen-bond acceptors (Lipinski definition) is 5. The first kappa shape index (κ1) is 23.4. The van der Waals surface area contributed by atoms with Gasteiger partial charge in [0.1, 0.15) is 16.5 Å². The summed E-state index contributed by atoms with van der Waals surface area (Å²) in [5.41, 5.74) is 2.49. The lowest BCUT2D eigenvalue weighted by molar-refractivity contribution is -0.120. The van der Waals surface area contributed by atoms with Gasteiger partial charge in [-0.25, -0.2) is 4.90 Å². The predicted molar refractivity (Wildman–Crippen MR) is 133 cm³/mol. The molecule has 4 rings (SSSR count). The molecule has 2 N–H and O–H groups in total. The Kier molecular flexibility index (Phi) is 6.58. The maximum Gasteiger partial charge on any atom is 0.283 e. The van der Waals surface area contributed by atoms with Crippen molar-refractivity contribution in [2.45, 2.75) is 6.92 Å². The molecule has 34 heavy (non-hydrogen) atoms. The minimum atomic E-state index is -0.602. The van der Waals surface area contributed by atoms with Crippen LogP contribution in [0.4, 0.5) is 17.1 Å². The normalized spacial score (nSPS) is 13.4. The number of anilines is 3. The molecule has 1 aliphatic heterocycles. The van der Waals surface area contributed by atoms with Crippen molar-refractivity contribution in [2.75, 3.05) is 22.6 Å². The van der Waals surface area contributed by atoms with Crippen molar-refractivity contribution in [3.63, 3.8) is 0 Å². The first-order valence-corrected chi connectivity index (χ1v) is 10.9. The van der Waals surface area contributed by atoms with Crippen LogP contribution < -0.4 is 20.3 Å². The molecule has 0 bridgehead atoms. The minimum Gasteiger partial charge on any atom is -0.495 e. The molecule has 7 nitrogen and oxygen atoms in total. The van der Waals surface area contributed by atoms with Gasteiger partial charge in [0.25, 0.3) is 17.7 Å². The molecule has 0 unspecified atom stereocenters. The van der Waals surface area contributed by atoms with Crippen molar-refractivity contribution in [2.24, 2.45) is 0 Å². The lowest BCUT2D eigenvalue weighted by atomic mass is 10.1. The third-order valence-corrected chi connectivity index (χ3v) is 5.80. The third kappa shape index (κ3) is 4.48. The number of amides is 3. The number of halogens is 2. The maximum absolute atomic E-state index is 13.0. The Morgan fingerprint density at radius 1 is 0.941 bits per heavy atom. The molecule has 3 aromatic carbocycles. The summed E-state index contributed by atoms with van der Waals surface area (Å²) in [6.45, 7) is 1.80. The van der Waals surface area contributed by atoms with Crippen LogP contribution >= 0.6 is 23.2 Å². The molecule has 0 fully saturated rings. The van der Waals surface area contributed by atoms with Crippen molar-refractivity contribution >= 4 is 58.0 Å². The second-order valence-electron chi connectivity index (χ2n) is 7.42. The van der Waals surface area contributed by atoms with Gasteiger partial charge in [0.15, 0.2) is 0 Å². The summed E-state index contributed by atoms with van der Waals surface area (Å²) in [5, 5.41) is 5.90. The van der Waals surface area contributed by atoms with Crippen LogP contribution in [0.25, 0.3) is 0 Å². The Bertz CT molecular complexity index is 1340. The average Bonchev–Trinajstić information content (AvgIpc) is 3.03. The molecule has 0 saturated heterocycles. The zero-order valence-corrected chi connectivity index (χ0v) is 19.7. The van der Waals surface area contributed by atoms with E-state index in [0.717, 1.165) is 10.5 Å². The number of hydrogen-bond donors (Lipinski definition) is 2. The topological polar surface area (TPSA) is 87.7 Å². The smallest absolute Gasteiger partial charge is 0.283 e. The van der Waals surface area contributed by atoms with Crippen LogP contribution in [-0.2, 0) is 9.59 Å².